The summed E-state index contributed by atoms with van der Waals surface area (Å²) in [6, 6.07) is 8.13. The summed E-state index contributed by atoms with van der Waals surface area (Å²) in [7, 11) is 0. The summed E-state index contributed by atoms with van der Waals surface area (Å²) in [6.45, 7) is 7.55. The fraction of sp³-hybridized carbons (Fsp3) is 0.560. The summed E-state index contributed by atoms with van der Waals surface area (Å²) in [4.78, 5) is 44.2. The predicted molar refractivity (Wildman–Crippen MR) is 133 cm³/mol. The molecular weight excluding hydrogens is 450 g/mol. The molecule has 8 nitrogen and oxygen atoms in total. The molecule has 5 rings (SSSR count). The van der Waals surface area contributed by atoms with E-state index in [0.717, 1.165) is 35.9 Å². The zero-order valence-electron chi connectivity index (χ0n) is 20.0. The number of hydrazine groups is 1. The molecule has 1 spiro atoms. The van der Waals surface area contributed by atoms with Crippen LogP contribution in [0.4, 0.5) is 5.00 Å². The van der Waals surface area contributed by atoms with E-state index in [4.69, 9.17) is 5.73 Å². The first-order valence-corrected chi connectivity index (χ1v) is 13.2. The molecule has 2 aromatic rings. The van der Waals surface area contributed by atoms with Crippen molar-refractivity contribution in [2.24, 2.45) is 5.41 Å². The largest absolute Gasteiger partial charge is 0.390 e. The Morgan fingerprint density at radius 2 is 1.71 bits per heavy atom. The van der Waals surface area contributed by atoms with E-state index in [1.54, 1.807) is 10.0 Å². The third kappa shape index (κ3) is 3.48. The Morgan fingerprint density at radius 3 is 2.35 bits per heavy atom. The molecular formula is C25H33N5O3S. The lowest BCUT2D eigenvalue weighted by Crippen LogP contribution is -2.56. The van der Waals surface area contributed by atoms with E-state index in [-0.39, 0.29) is 23.8 Å². The van der Waals surface area contributed by atoms with Crippen LogP contribution >= 0.6 is 11.3 Å². The standard InChI is InChI=1S/C25H33N5O3S/c1-3-29-23(32)25(24(33)30(29)4-2)12-7-13-28(16-25)17-10-14-27(15-11-17)22(31)20-18-8-5-6-9-19(18)34-21(20)26/h5-6,8-9,17H,3-4,7,10-16,26H2,1-2H3. The topological polar surface area (TPSA) is 90.2 Å². The number of anilines is 1. The zero-order chi connectivity index (χ0) is 24.0. The second-order valence-electron chi connectivity index (χ2n) is 9.56. The van der Waals surface area contributed by atoms with Gasteiger partial charge in [-0.05, 0) is 52.1 Å². The zero-order valence-corrected chi connectivity index (χ0v) is 20.8. The minimum atomic E-state index is -0.943. The predicted octanol–water partition coefficient (Wildman–Crippen LogP) is 2.80. The molecule has 0 saturated carbocycles. The van der Waals surface area contributed by atoms with Crippen molar-refractivity contribution in [3.05, 3.63) is 29.8 Å². The lowest BCUT2D eigenvalue weighted by atomic mass is 9.78. The van der Waals surface area contributed by atoms with E-state index in [9.17, 15) is 14.4 Å². The Bertz CT molecular complexity index is 1100. The molecule has 0 unspecified atom stereocenters. The number of carbonyl (C=O) groups excluding carboxylic acids is 3. The van der Waals surface area contributed by atoms with Gasteiger partial charge in [-0.2, -0.15) is 0 Å². The van der Waals surface area contributed by atoms with Gasteiger partial charge in [0.2, 0.25) is 0 Å². The normalized spacial score (nSPS) is 21.9. The lowest BCUT2D eigenvalue weighted by Gasteiger charge is -2.44. The van der Waals surface area contributed by atoms with Gasteiger partial charge >= 0.3 is 0 Å². The van der Waals surface area contributed by atoms with Gasteiger partial charge in [0.25, 0.3) is 17.7 Å². The Labute approximate surface area is 204 Å². The van der Waals surface area contributed by atoms with Crippen LogP contribution in [0.15, 0.2) is 24.3 Å². The molecule has 4 heterocycles. The second kappa shape index (κ2) is 8.85. The molecule has 1 aromatic carbocycles. The van der Waals surface area contributed by atoms with Crippen LogP contribution in [0, 0.1) is 5.41 Å². The van der Waals surface area contributed by atoms with Crippen LogP contribution in [-0.2, 0) is 9.59 Å². The van der Waals surface area contributed by atoms with Crippen molar-refractivity contribution < 1.29 is 14.4 Å². The van der Waals surface area contributed by atoms with Crippen LogP contribution < -0.4 is 5.73 Å². The highest BCUT2D eigenvalue weighted by Crippen LogP contribution is 2.41. The molecule has 182 valence electrons. The van der Waals surface area contributed by atoms with E-state index in [0.29, 0.717) is 49.7 Å². The third-order valence-electron chi connectivity index (χ3n) is 7.80. The number of hydrogen-bond donors (Lipinski definition) is 1. The summed E-state index contributed by atoms with van der Waals surface area (Å²) in [5.41, 5.74) is 5.91. The summed E-state index contributed by atoms with van der Waals surface area (Å²) in [5.74, 6) is -0.0835. The minimum absolute atomic E-state index is 0.00170. The molecule has 0 radical (unpaired) electrons. The first-order chi connectivity index (χ1) is 16.4. The van der Waals surface area contributed by atoms with Gasteiger partial charge in [-0.3, -0.25) is 29.3 Å². The SMILES string of the molecule is CCN1C(=O)C2(CCCN(C3CCN(C(=O)c4c(N)sc5ccccc45)CC3)C2)C(=O)N1CC. The van der Waals surface area contributed by atoms with Crippen LogP contribution in [0.3, 0.4) is 0 Å². The minimum Gasteiger partial charge on any atom is -0.390 e. The van der Waals surface area contributed by atoms with Crippen LogP contribution in [0.5, 0.6) is 0 Å². The molecule has 34 heavy (non-hydrogen) atoms. The van der Waals surface area contributed by atoms with Gasteiger partial charge in [-0.25, -0.2) is 0 Å². The molecule has 0 bridgehead atoms. The average molecular weight is 484 g/mol. The first kappa shape index (κ1) is 23.1. The smallest absolute Gasteiger partial charge is 0.258 e. The number of carbonyl (C=O) groups is 3. The van der Waals surface area contributed by atoms with Crippen molar-refractivity contribution in [2.45, 2.75) is 45.6 Å². The van der Waals surface area contributed by atoms with Gasteiger partial charge in [-0.15, -0.1) is 11.3 Å². The van der Waals surface area contributed by atoms with E-state index >= 15 is 0 Å². The highest BCUT2D eigenvalue weighted by atomic mass is 32.1. The summed E-state index contributed by atoms with van der Waals surface area (Å²) in [6.07, 6.45) is 3.13. The maximum absolute atomic E-state index is 13.3. The van der Waals surface area contributed by atoms with Crippen molar-refractivity contribution in [3.63, 3.8) is 0 Å². The fourth-order valence-electron chi connectivity index (χ4n) is 6.06. The molecule has 0 aliphatic carbocycles. The summed E-state index contributed by atoms with van der Waals surface area (Å²) >= 11 is 1.46. The number of thiophene rings is 1. The highest BCUT2D eigenvalue weighted by Gasteiger charge is 2.59. The quantitative estimate of drug-likeness (QED) is 0.676. The second-order valence-corrected chi connectivity index (χ2v) is 10.6. The summed E-state index contributed by atoms with van der Waals surface area (Å²) < 4.78 is 1.03. The highest BCUT2D eigenvalue weighted by molar-refractivity contribution is 7.23. The van der Waals surface area contributed by atoms with Crippen LogP contribution in [0.2, 0.25) is 0 Å². The molecule has 2 N–H and O–H groups in total. The van der Waals surface area contributed by atoms with Gasteiger partial charge in [0.1, 0.15) is 5.41 Å². The summed E-state index contributed by atoms with van der Waals surface area (Å²) in [5, 5.41) is 4.76. The number of nitrogen functional groups attached to an aromatic ring is 1. The number of nitrogens with zero attached hydrogens (tertiary/aromatic N) is 4. The Morgan fingerprint density at radius 1 is 1.06 bits per heavy atom. The van der Waals surface area contributed by atoms with Gasteiger partial charge < -0.3 is 10.6 Å². The van der Waals surface area contributed by atoms with Gasteiger partial charge in [0.15, 0.2) is 0 Å². The van der Waals surface area contributed by atoms with Gasteiger partial charge in [-0.1, -0.05) is 18.2 Å². The number of nitrogens with two attached hydrogens (primary N) is 1. The fourth-order valence-corrected chi connectivity index (χ4v) is 7.02. The first-order valence-electron chi connectivity index (χ1n) is 12.4. The van der Waals surface area contributed by atoms with Gasteiger partial charge in [0.05, 0.1) is 10.6 Å². The molecule has 1 aromatic heterocycles. The van der Waals surface area contributed by atoms with E-state index in [2.05, 4.69) is 4.90 Å². The number of piperidine rings is 2. The number of amides is 3. The molecule has 3 fully saturated rings. The Kier molecular flexibility index (Phi) is 6.02. The average Bonchev–Trinajstić information content (AvgIpc) is 3.30. The maximum atomic E-state index is 13.3. The molecule has 0 atom stereocenters. The molecule has 9 heteroatoms. The van der Waals surface area contributed by atoms with Crippen LogP contribution in [0.25, 0.3) is 10.1 Å². The number of likely N-dealkylation sites (tertiary alicyclic amines) is 2. The van der Waals surface area contributed by atoms with Crippen LogP contribution in [-0.4, -0.2) is 82.8 Å². The van der Waals surface area contributed by atoms with Crippen molar-refractivity contribution in [3.8, 4) is 0 Å². The lowest BCUT2D eigenvalue weighted by molar-refractivity contribution is -0.145. The number of benzene rings is 1. The molecule has 3 saturated heterocycles. The van der Waals surface area contributed by atoms with E-state index in [1.165, 1.54) is 11.3 Å². The Balaban J connectivity index is 1.28. The van der Waals surface area contributed by atoms with Crippen molar-refractivity contribution in [1.29, 1.82) is 0 Å². The third-order valence-corrected chi connectivity index (χ3v) is 8.80. The van der Waals surface area contributed by atoms with Crippen molar-refractivity contribution >= 4 is 44.1 Å². The van der Waals surface area contributed by atoms with E-state index < -0.39 is 5.41 Å². The maximum Gasteiger partial charge on any atom is 0.258 e. The van der Waals surface area contributed by atoms with Gasteiger partial charge in [0, 0.05) is 48.9 Å². The monoisotopic (exact) mass is 483 g/mol. The number of hydrogen-bond acceptors (Lipinski definition) is 6. The Hall–Kier alpha value is -2.65. The molecule has 3 aliphatic heterocycles. The van der Waals surface area contributed by atoms with Crippen LogP contribution in [0.1, 0.15) is 49.9 Å². The van der Waals surface area contributed by atoms with Crippen molar-refractivity contribution in [2.75, 3.05) is 45.0 Å². The number of fused-ring (bicyclic) bond motifs is 1. The van der Waals surface area contributed by atoms with Crippen molar-refractivity contribution in [1.82, 2.24) is 19.8 Å². The van der Waals surface area contributed by atoms with E-state index in [1.807, 2.05) is 43.0 Å². The molecule has 3 aliphatic rings. The number of rotatable bonds is 4. The molecule has 3 amide bonds.